The van der Waals surface area contributed by atoms with Crippen molar-refractivity contribution in [1.29, 1.82) is 0 Å². The minimum absolute atomic E-state index is 0.303. The van der Waals surface area contributed by atoms with E-state index in [9.17, 15) is 18.4 Å². The molecule has 0 unspecified atom stereocenters. The van der Waals surface area contributed by atoms with E-state index in [1.54, 1.807) is 6.07 Å². The van der Waals surface area contributed by atoms with E-state index < -0.39 is 30.1 Å². The molecule has 0 bridgehead atoms. The number of benzene rings is 2. The van der Waals surface area contributed by atoms with Crippen molar-refractivity contribution in [3.05, 3.63) is 58.1 Å². The van der Waals surface area contributed by atoms with Crippen LogP contribution in [0.25, 0.3) is 0 Å². The molecule has 1 amide bonds. The first kappa shape index (κ1) is 19.9. The van der Waals surface area contributed by atoms with Gasteiger partial charge < -0.3 is 19.5 Å². The van der Waals surface area contributed by atoms with E-state index in [0.717, 1.165) is 5.56 Å². The van der Waals surface area contributed by atoms with Gasteiger partial charge in [-0.05, 0) is 36.2 Å². The molecule has 0 fully saturated rings. The molecular weight excluding hydrogens is 396 g/mol. The molecule has 0 spiro atoms. The van der Waals surface area contributed by atoms with Crippen molar-refractivity contribution in [2.24, 2.45) is 0 Å². The Morgan fingerprint density at radius 1 is 1.07 bits per heavy atom. The lowest BCUT2D eigenvalue weighted by atomic mass is 10.1. The Bertz CT molecular complexity index is 906. The molecule has 1 N–H and O–H groups in total. The summed E-state index contributed by atoms with van der Waals surface area (Å²) in [5.74, 6) is -2.64. The first-order valence-electron chi connectivity index (χ1n) is 8.41. The lowest BCUT2D eigenvalue weighted by Gasteiger charge is -2.18. The van der Waals surface area contributed by atoms with Gasteiger partial charge in [0, 0.05) is 6.54 Å². The lowest BCUT2D eigenvalue weighted by Crippen LogP contribution is -2.30. The molecule has 0 saturated carbocycles. The average Bonchev–Trinajstić information content (AvgIpc) is 2.69. The molecule has 9 heteroatoms. The zero-order valence-corrected chi connectivity index (χ0v) is 15.4. The second-order valence-electron chi connectivity index (χ2n) is 5.90. The number of nitrogens with one attached hydrogen (secondary N) is 1. The minimum Gasteiger partial charge on any atom is -0.486 e. The quantitative estimate of drug-likeness (QED) is 0.584. The Kier molecular flexibility index (Phi) is 6.30. The summed E-state index contributed by atoms with van der Waals surface area (Å²) >= 11 is 5.69. The second kappa shape index (κ2) is 8.88. The van der Waals surface area contributed by atoms with Crippen molar-refractivity contribution in [3.8, 4) is 11.5 Å². The summed E-state index contributed by atoms with van der Waals surface area (Å²) in [5, 5.41) is 2.30. The van der Waals surface area contributed by atoms with Gasteiger partial charge in [0.25, 0.3) is 5.91 Å². The van der Waals surface area contributed by atoms with E-state index >= 15 is 0 Å². The van der Waals surface area contributed by atoms with Gasteiger partial charge in [-0.3, -0.25) is 4.79 Å². The largest absolute Gasteiger partial charge is 0.486 e. The predicted octanol–water partition coefficient (Wildman–Crippen LogP) is 2.91. The molecular formula is C19H16ClF2NO5. The van der Waals surface area contributed by atoms with Crippen LogP contribution in [-0.4, -0.2) is 38.2 Å². The van der Waals surface area contributed by atoms with Crippen molar-refractivity contribution in [2.75, 3.05) is 26.4 Å². The Morgan fingerprint density at radius 3 is 2.57 bits per heavy atom. The standard InChI is InChI=1S/C19H16ClF2NO5/c20-13-9-15(22)14(21)8-12(13)19(25)28-10-18(24)23-4-3-11-1-2-16-17(7-11)27-6-5-26-16/h1-2,7-9H,3-6,10H2,(H,23,24). The van der Waals surface area contributed by atoms with Crippen molar-refractivity contribution >= 4 is 23.5 Å². The summed E-state index contributed by atoms with van der Waals surface area (Å²) in [6, 6.07) is 6.80. The van der Waals surface area contributed by atoms with Crippen LogP contribution in [0.15, 0.2) is 30.3 Å². The third-order valence-electron chi connectivity index (χ3n) is 3.91. The van der Waals surface area contributed by atoms with Gasteiger partial charge in [-0.2, -0.15) is 0 Å². The van der Waals surface area contributed by atoms with E-state index in [0.29, 0.717) is 49.8 Å². The fourth-order valence-corrected chi connectivity index (χ4v) is 2.76. The third kappa shape index (κ3) is 4.89. The van der Waals surface area contributed by atoms with Crippen LogP contribution in [0.4, 0.5) is 8.78 Å². The molecule has 2 aromatic rings. The van der Waals surface area contributed by atoms with Crippen LogP contribution in [0.3, 0.4) is 0 Å². The number of carbonyl (C=O) groups excluding carboxylic acids is 2. The van der Waals surface area contributed by atoms with Gasteiger partial charge in [-0.25, -0.2) is 13.6 Å². The molecule has 148 valence electrons. The predicted molar refractivity (Wildman–Crippen MR) is 95.8 cm³/mol. The Labute approximate surface area is 164 Å². The monoisotopic (exact) mass is 411 g/mol. The number of halogens is 3. The van der Waals surface area contributed by atoms with Crippen LogP contribution in [0.5, 0.6) is 11.5 Å². The van der Waals surface area contributed by atoms with Gasteiger partial charge in [0.2, 0.25) is 0 Å². The first-order chi connectivity index (χ1) is 13.4. The molecule has 0 aromatic heterocycles. The number of carbonyl (C=O) groups is 2. The highest BCUT2D eigenvalue weighted by atomic mass is 35.5. The van der Waals surface area contributed by atoms with Gasteiger partial charge in [0.1, 0.15) is 13.2 Å². The highest BCUT2D eigenvalue weighted by Gasteiger charge is 2.17. The topological polar surface area (TPSA) is 73.9 Å². The molecule has 1 heterocycles. The molecule has 3 rings (SSSR count). The van der Waals surface area contributed by atoms with Gasteiger partial charge in [0.05, 0.1) is 10.6 Å². The zero-order valence-electron chi connectivity index (χ0n) is 14.6. The normalized spacial score (nSPS) is 12.4. The maximum atomic E-state index is 13.2. The van der Waals surface area contributed by atoms with Gasteiger partial charge >= 0.3 is 5.97 Å². The molecule has 1 aliphatic rings. The summed E-state index contributed by atoms with van der Waals surface area (Å²) in [6.07, 6.45) is 0.533. The lowest BCUT2D eigenvalue weighted by molar-refractivity contribution is -0.124. The van der Waals surface area contributed by atoms with Crippen molar-refractivity contribution in [1.82, 2.24) is 5.32 Å². The fourth-order valence-electron chi connectivity index (χ4n) is 2.53. The third-order valence-corrected chi connectivity index (χ3v) is 4.22. The molecule has 0 radical (unpaired) electrons. The molecule has 0 atom stereocenters. The molecule has 0 aliphatic carbocycles. The Hall–Kier alpha value is -2.87. The SMILES string of the molecule is O=C(COC(=O)c1cc(F)c(F)cc1Cl)NCCc1ccc2c(c1)OCCO2. The first-order valence-corrected chi connectivity index (χ1v) is 8.78. The maximum absolute atomic E-state index is 13.2. The van der Waals surface area contributed by atoms with Crippen LogP contribution in [-0.2, 0) is 16.0 Å². The number of rotatable bonds is 6. The van der Waals surface area contributed by atoms with E-state index in [-0.39, 0.29) is 10.6 Å². The van der Waals surface area contributed by atoms with Crippen molar-refractivity contribution < 1.29 is 32.6 Å². The number of hydrogen-bond donors (Lipinski definition) is 1. The average molecular weight is 412 g/mol. The second-order valence-corrected chi connectivity index (χ2v) is 6.31. The van der Waals surface area contributed by atoms with Gasteiger partial charge in [-0.15, -0.1) is 0 Å². The van der Waals surface area contributed by atoms with Crippen molar-refractivity contribution in [3.63, 3.8) is 0 Å². The highest BCUT2D eigenvalue weighted by Crippen LogP contribution is 2.30. The smallest absolute Gasteiger partial charge is 0.340 e. The van der Waals surface area contributed by atoms with E-state index in [2.05, 4.69) is 5.32 Å². The fraction of sp³-hybridized carbons (Fsp3) is 0.263. The molecule has 6 nitrogen and oxygen atoms in total. The van der Waals surface area contributed by atoms with Gasteiger partial charge in [-0.1, -0.05) is 17.7 Å². The maximum Gasteiger partial charge on any atom is 0.340 e. The van der Waals surface area contributed by atoms with Crippen LogP contribution in [0.1, 0.15) is 15.9 Å². The molecule has 0 saturated heterocycles. The Balaban J connectivity index is 1.45. The summed E-state index contributed by atoms with van der Waals surface area (Å²) < 4.78 is 41.9. The molecule has 28 heavy (non-hydrogen) atoms. The molecule has 1 aliphatic heterocycles. The molecule has 2 aromatic carbocycles. The number of ether oxygens (including phenoxy) is 3. The number of hydrogen-bond acceptors (Lipinski definition) is 5. The van der Waals surface area contributed by atoms with E-state index in [4.69, 9.17) is 25.8 Å². The van der Waals surface area contributed by atoms with Crippen molar-refractivity contribution in [2.45, 2.75) is 6.42 Å². The number of esters is 1. The van der Waals surface area contributed by atoms with Crippen LogP contribution < -0.4 is 14.8 Å². The summed E-state index contributed by atoms with van der Waals surface area (Å²) in [5.41, 5.74) is 0.583. The minimum atomic E-state index is -1.24. The van der Waals surface area contributed by atoms with Crippen LogP contribution in [0.2, 0.25) is 5.02 Å². The van der Waals surface area contributed by atoms with E-state index in [1.165, 1.54) is 0 Å². The van der Waals surface area contributed by atoms with E-state index in [1.807, 2.05) is 12.1 Å². The number of fused-ring (bicyclic) bond motifs is 1. The highest BCUT2D eigenvalue weighted by molar-refractivity contribution is 6.33. The summed E-state index contributed by atoms with van der Waals surface area (Å²) in [7, 11) is 0. The summed E-state index contributed by atoms with van der Waals surface area (Å²) in [6.45, 7) is 0.731. The summed E-state index contributed by atoms with van der Waals surface area (Å²) in [4.78, 5) is 23.7. The van der Waals surface area contributed by atoms with Crippen LogP contribution in [0, 0.1) is 11.6 Å². The Morgan fingerprint density at radius 2 is 1.79 bits per heavy atom. The van der Waals surface area contributed by atoms with Gasteiger partial charge in [0.15, 0.2) is 29.7 Å². The van der Waals surface area contributed by atoms with Crippen LogP contribution >= 0.6 is 11.6 Å². The number of amides is 1. The zero-order chi connectivity index (χ0) is 20.1.